The molecule has 0 fully saturated rings. The maximum absolute atomic E-state index is 8.66. The molecule has 1 heterocycles. The number of rotatable bonds is 8. The van der Waals surface area contributed by atoms with Crippen LogP contribution in [0, 0.1) is 6.92 Å². The van der Waals surface area contributed by atoms with Crippen molar-refractivity contribution in [2.24, 2.45) is 0 Å². The molecule has 1 aromatic rings. The molecule has 0 saturated heterocycles. The third-order valence-corrected chi connectivity index (χ3v) is 2.64. The van der Waals surface area contributed by atoms with Crippen LogP contribution in [0.3, 0.4) is 0 Å². The molecule has 1 rings (SSSR count). The molecule has 0 unspecified atom stereocenters. The van der Waals surface area contributed by atoms with Crippen LogP contribution >= 0.6 is 0 Å². The molecule has 0 aliphatic heterocycles. The fraction of sp³-hybridized carbons (Fsp3) is 0.692. The number of nitrogens with zero attached hydrogens (tertiary/aromatic N) is 2. The minimum Gasteiger partial charge on any atom is -0.396 e. The molecular weight excluding hydrogens is 214 g/mol. The number of unbranched alkanes of at least 4 members (excludes halogenated alkanes) is 3. The highest BCUT2D eigenvalue weighted by Gasteiger charge is 1.99. The quantitative estimate of drug-likeness (QED) is 0.681. The van der Waals surface area contributed by atoms with Gasteiger partial charge in [0.15, 0.2) is 0 Å². The van der Waals surface area contributed by atoms with Gasteiger partial charge in [-0.1, -0.05) is 19.8 Å². The number of hydrogen-bond acceptors (Lipinski definition) is 4. The summed E-state index contributed by atoms with van der Waals surface area (Å²) in [7, 11) is 0. The lowest BCUT2D eigenvalue weighted by Crippen LogP contribution is -2.06. The second-order valence-corrected chi connectivity index (χ2v) is 4.21. The molecule has 0 bridgehead atoms. The summed E-state index contributed by atoms with van der Waals surface area (Å²) in [6.07, 6.45) is 5.21. The van der Waals surface area contributed by atoms with Gasteiger partial charge >= 0.3 is 0 Å². The van der Waals surface area contributed by atoms with Crippen molar-refractivity contribution in [1.29, 1.82) is 0 Å². The summed E-state index contributed by atoms with van der Waals surface area (Å²) in [6.45, 7) is 5.26. The number of aliphatic hydroxyl groups excluding tert-OH is 1. The summed E-state index contributed by atoms with van der Waals surface area (Å²) < 4.78 is 0. The van der Waals surface area contributed by atoms with Crippen molar-refractivity contribution < 1.29 is 5.11 Å². The summed E-state index contributed by atoms with van der Waals surface area (Å²) >= 11 is 0. The summed E-state index contributed by atoms with van der Waals surface area (Å²) in [5, 5.41) is 12.0. The van der Waals surface area contributed by atoms with Crippen molar-refractivity contribution in [3.05, 3.63) is 17.6 Å². The van der Waals surface area contributed by atoms with E-state index in [-0.39, 0.29) is 0 Å². The van der Waals surface area contributed by atoms with Crippen LogP contribution in [0.5, 0.6) is 0 Å². The van der Waals surface area contributed by atoms with Crippen LogP contribution in [0.1, 0.15) is 44.1 Å². The average molecular weight is 237 g/mol. The van der Waals surface area contributed by atoms with Crippen molar-refractivity contribution in [3.8, 4) is 0 Å². The third kappa shape index (κ3) is 5.63. The maximum Gasteiger partial charge on any atom is 0.129 e. The van der Waals surface area contributed by atoms with Crippen LogP contribution in [0.2, 0.25) is 0 Å². The molecule has 0 saturated carbocycles. The van der Waals surface area contributed by atoms with Gasteiger partial charge in [0.25, 0.3) is 0 Å². The maximum atomic E-state index is 8.66. The lowest BCUT2D eigenvalue weighted by Gasteiger charge is -2.07. The molecule has 0 spiro atoms. The van der Waals surface area contributed by atoms with Crippen LogP contribution in [-0.4, -0.2) is 28.2 Å². The SMILES string of the molecule is CCc1cc(NCCCCCCO)nc(C)n1. The Balaban J connectivity index is 2.28. The van der Waals surface area contributed by atoms with Gasteiger partial charge in [-0.25, -0.2) is 9.97 Å². The summed E-state index contributed by atoms with van der Waals surface area (Å²) in [5.41, 5.74) is 1.08. The van der Waals surface area contributed by atoms with E-state index in [0.717, 1.165) is 56.0 Å². The zero-order chi connectivity index (χ0) is 12.5. The lowest BCUT2D eigenvalue weighted by atomic mass is 10.2. The van der Waals surface area contributed by atoms with Crippen LogP contribution in [0.25, 0.3) is 0 Å². The van der Waals surface area contributed by atoms with Crippen LogP contribution in [0.4, 0.5) is 5.82 Å². The predicted molar refractivity (Wildman–Crippen MR) is 70.2 cm³/mol. The molecule has 0 amide bonds. The van der Waals surface area contributed by atoms with Crippen molar-refractivity contribution in [3.63, 3.8) is 0 Å². The number of hydrogen-bond donors (Lipinski definition) is 2. The first-order chi connectivity index (χ1) is 8.26. The van der Waals surface area contributed by atoms with Gasteiger partial charge in [-0.15, -0.1) is 0 Å². The van der Waals surface area contributed by atoms with Crippen molar-refractivity contribution in [2.75, 3.05) is 18.5 Å². The molecule has 2 N–H and O–H groups in total. The largest absolute Gasteiger partial charge is 0.396 e. The fourth-order valence-corrected chi connectivity index (χ4v) is 1.71. The highest BCUT2D eigenvalue weighted by atomic mass is 16.2. The van der Waals surface area contributed by atoms with Crippen LogP contribution in [0.15, 0.2) is 6.07 Å². The summed E-state index contributed by atoms with van der Waals surface area (Å²) in [4.78, 5) is 8.70. The van der Waals surface area contributed by atoms with Gasteiger partial charge in [0, 0.05) is 24.9 Å². The van der Waals surface area contributed by atoms with Gasteiger partial charge in [0.05, 0.1) is 0 Å². The normalized spacial score (nSPS) is 10.5. The second kappa shape index (κ2) is 8.01. The lowest BCUT2D eigenvalue weighted by molar-refractivity contribution is 0.283. The van der Waals surface area contributed by atoms with E-state index in [1.165, 1.54) is 0 Å². The first-order valence-corrected chi connectivity index (χ1v) is 6.45. The summed E-state index contributed by atoms with van der Waals surface area (Å²) in [6, 6.07) is 2.01. The van der Waals surface area contributed by atoms with Gasteiger partial charge in [-0.3, -0.25) is 0 Å². The number of aromatic nitrogens is 2. The first-order valence-electron chi connectivity index (χ1n) is 6.45. The van der Waals surface area contributed by atoms with Crippen LogP contribution in [-0.2, 0) is 6.42 Å². The van der Waals surface area contributed by atoms with Gasteiger partial charge in [-0.05, 0) is 26.2 Å². The molecular formula is C13H23N3O. The number of nitrogens with one attached hydrogen (secondary N) is 1. The standard InChI is InChI=1S/C13H23N3O/c1-3-12-10-13(16-11(2)15-12)14-8-6-4-5-7-9-17/h10,17H,3-9H2,1-2H3,(H,14,15,16). The third-order valence-electron chi connectivity index (χ3n) is 2.64. The van der Waals surface area contributed by atoms with Gasteiger partial charge in [0.1, 0.15) is 11.6 Å². The van der Waals surface area contributed by atoms with E-state index in [4.69, 9.17) is 5.11 Å². The Kier molecular flexibility index (Phi) is 6.55. The minimum absolute atomic E-state index is 0.304. The monoisotopic (exact) mass is 237 g/mol. The van der Waals surface area contributed by atoms with Crippen LogP contribution < -0.4 is 5.32 Å². The zero-order valence-electron chi connectivity index (χ0n) is 10.9. The Hall–Kier alpha value is -1.16. The van der Waals surface area contributed by atoms with Gasteiger partial charge in [0.2, 0.25) is 0 Å². The topological polar surface area (TPSA) is 58.0 Å². The Morgan fingerprint density at radius 2 is 1.94 bits per heavy atom. The molecule has 0 atom stereocenters. The molecule has 4 heteroatoms. The average Bonchev–Trinajstić information content (AvgIpc) is 2.33. The van der Waals surface area contributed by atoms with E-state index < -0.39 is 0 Å². The number of aliphatic hydroxyl groups is 1. The summed E-state index contributed by atoms with van der Waals surface area (Å²) in [5.74, 6) is 1.75. The predicted octanol–water partition coefficient (Wildman–Crippen LogP) is 2.31. The van der Waals surface area contributed by atoms with Crippen molar-refractivity contribution >= 4 is 5.82 Å². The molecule has 0 aliphatic carbocycles. The van der Waals surface area contributed by atoms with E-state index in [2.05, 4.69) is 22.2 Å². The molecule has 1 aromatic heterocycles. The first kappa shape index (κ1) is 13.9. The fourth-order valence-electron chi connectivity index (χ4n) is 1.71. The van der Waals surface area contributed by atoms with Crippen molar-refractivity contribution in [1.82, 2.24) is 9.97 Å². The smallest absolute Gasteiger partial charge is 0.129 e. The highest BCUT2D eigenvalue weighted by molar-refractivity contribution is 5.35. The van der Waals surface area contributed by atoms with Crippen molar-refractivity contribution in [2.45, 2.75) is 46.0 Å². The van der Waals surface area contributed by atoms with Gasteiger partial charge in [-0.2, -0.15) is 0 Å². The van der Waals surface area contributed by atoms with E-state index >= 15 is 0 Å². The van der Waals surface area contributed by atoms with E-state index in [1.807, 2.05) is 13.0 Å². The van der Waals surface area contributed by atoms with E-state index in [9.17, 15) is 0 Å². The molecule has 96 valence electrons. The molecule has 4 nitrogen and oxygen atoms in total. The zero-order valence-corrected chi connectivity index (χ0v) is 10.9. The molecule has 17 heavy (non-hydrogen) atoms. The minimum atomic E-state index is 0.304. The number of aryl methyl sites for hydroxylation is 2. The molecule has 0 radical (unpaired) electrons. The Bertz CT molecular complexity index is 328. The van der Waals surface area contributed by atoms with Gasteiger partial charge < -0.3 is 10.4 Å². The molecule has 0 aromatic carbocycles. The van der Waals surface area contributed by atoms with E-state index in [1.54, 1.807) is 0 Å². The Morgan fingerprint density at radius 3 is 2.65 bits per heavy atom. The highest BCUT2D eigenvalue weighted by Crippen LogP contribution is 2.08. The second-order valence-electron chi connectivity index (χ2n) is 4.21. The Labute approximate surface area is 103 Å². The van der Waals surface area contributed by atoms with E-state index in [0.29, 0.717) is 6.61 Å². The number of anilines is 1. The molecule has 0 aliphatic rings. The Morgan fingerprint density at radius 1 is 1.18 bits per heavy atom.